The van der Waals surface area contributed by atoms with Crippen LogP contribution in [0, 0.1) is 0 Å². The maximum absolute atomic E-state index is 11.9. The van der Waals surface area contributed by atoms with E-state index in [2.05, 4.69) is 15.3 Å². The molecule has 104 valence electrons. The highest BCUT2D eigenvalue weighted by molar-refractivity contribution is 7.15. The number of thiazole rings is 2. The molecule has 3 heterocycles. The summed E-state index contributed by atoms with van der Waals surface area (Å²) >= 11 is 2.94. The smallest absolute Gasteiger partial charge is 0.271 e. The number of nitrogens with one attached hydrogen (secondary N) is 1. The van der Waals surface area contributed by atoms with Crippen LogP contribution in [-0.4, -0.2) is 26.8 Å². The Morgan fingerprint density at radius 3 is 3.05 bits per heavy atom. The summed E-state index contributed by atoms with van der Waals surface area (Å²) < 4.78 is 1.84. The Bertz CT molecular complexity index is 700. The lowest BCUT2D eigenvalue weighted by molar-refractivity contribution is 0.0949. The molecule has 0 bridgehead atoms. The molecule has 8 heteroatoms. The van der Waals surface area contributed by atoms with E-state index in [0.29, 0.717) is 17.4 Å². The molecule has 0 unspecified atom stereocenters. The number of carbonyl (C=O) groups is 1. The van der Waals surface area contributed by atoms with Crippen molar-refractivity contribution in [1.29, 1.82) is 0 Å². The highest BCUT2D eigenvalue weighted by Gasteiger charge is 2.10. The Balaban J connectivity index is 1.48. The number of nitrogens with zero attached hydrogens (tertiary/aromatic N) is 3. The summed E-state index contributed by atoms with van der Waals surface area (Å²) in [6, 6.07) is 0. The summed E-state index contributed by atoms with van der Waals surface area (Å²) in [5.41, 5.74) is 6.99. The zero-order valence-corrected chi connectivity index (χ0v) is 12.2. The number of rotatable bonds is 5. The van der Waals surface area contributed by atoms with Gasteiger partial charge in [0, 0.05) is 29.7 Å². The molecule has 1 amide bonds. The van der Waals surface area contributed by atoms with E-state index in [0.717, 1.165) is 23.5 Å². The maximum Gasteiger partial charge on any atom is 0.271 e. The van der Waals surface area contributed by atoms with E-state index in [4.69, 9.17) is 5.73 Å². The highest BCUT2D eigenvalue weighted by atomic mass is 32.1. The van der Waals surface area contributed by atoms with Crippen LogP contribution in [0.15, 0.2) is 23.2 Å². The van der Waals surface area contributed by atoms with Crippen molar-refractivity contribution in [3.8, 4) is 0 Å². The number of hydrogen-bond donors (Lipinski definition) is 2. The van der Waals surface area contributed by atoms with Gasteiger partial charge >= 0.3 is 0 Å². The lowest BCUT2D eigenvalue weighted by atomic mass is 10.2. The number of amides is 1. The second kappa shape index (κ2) is 5.59. The van der Waals surface area contributed by atoms with Gasteiger partial charge in [-0.2, -0.15) is 0 Å². The van der Waals surface area contributed by atoms with Crippen molar-refractivity contribution in [1.82, 2.24) is 19.7 Å². The monoisotopic (exact) mass is 307 g/mol. The van der Waals surface area contributed by atoms with Crippen molar-refractivity contribution < 1.29 is 4.79 Å². The van der Waals surface area contributed by atoms with Crippen LogP contribution < -0.4 is 11.1 Å². The quantitative estimate of drug-likeness (QED) is 0.704. The van der Waals surface area contributed by atoms with Crippen molar-refractivity contribution >= 4 is 38.7 Å². The van der Waals surface area contributed by atoms with Crippen molar-refractivity contribution in [2.24, 2.45) is 0 Å². The SMILES string of the molecule is Nc1nc(CCCNC(=O)c2cn3ccsc3n2)cs1. The molecule has 3 rings (SSSR count). The summed E-state index contributed by atoms with van der Waals surface area (Å²) in [4.78, 5) is 21.2. The molecule has 0 aliphatic rings. The molecule has 3 N–H and O–H groups in total. The Labute approximate surface area is 123 Å². The zero-order valence-electron chi connectivity index (χ0n) is 10.6. The average Bonchev–Trinajstić information content (AvgIpc) is 3.09. The number of aryl methyl sites for hydroxylation is 1. The molecule has 0 saturated heterocycles. The van der Waals surface area contributed by atoms with Crippen LogP contribution in [0.5, 0.6) is 0 Å². The van der Waals surface area contributed by atoms with Crippen molar-refractivity contribution in [2.75, 3.05) is 12.3 Å². The van der Waals surface area contributed by atoms with Gasteiger partial charge < -0.3 is 11.1 Å². The molecule has 6 nitrogen and oxygen atoms in total. The average molecular weight is 307 g/mol. The van der Waals surface area contributed by atoms with Crippen LogP contribution >= 0.6 is 22.7 Å². The van der Waals surface area contributed by atoms with Gasteiger partial charge in [0.1, 0.15) is 5.69 Å². The topological polar surface area (TPSA) is 85.3 Å². The first-order chi connectivity index (χ1) is 9.72. The molecule has 3 aromatic rings. The van der Waals surface area contributed by atoms with Gasteiger partial charge in [-0.15, -0.1) is 22.7 Å². The van der Waals surface area contributed by atoms with Gasteiger partial charge in [0.25, 0.3) is 5.91 Å². The lowest BCUT2D eigenvalue weighted by Gasteiger charge is -2.01. The zero-order chi connectivity index (χ0) is 13.9. The van der Waals surface area contributed by atoms with Crippen molar-refractivity contribution in [2.45, 2.75) is 12.8 Å². The second-order valence-corrected chi connectivity index (χ2v) is 6.02. The minimum atomic E-state index is -0.140. The van der Waals surface area contributed by atoms with Crippen LogP contribution in [0.2, 0.25) is 0 Å². The molecule has 0 radical (unpaired) electrons. The number of anilines is 1. The minimum absolute atomic E-state index is 0.140. The van der Waals surface area contributed by atoms with E-state index < -0.39 is 0 Å². The van der Waals surface area contributed by atoms with E-state index in [1.54, 1.807) is 6.20 Å². The number of nitrogen functional groups attached to an aromatic ring is 1. The Hall–Kier alpha value is -1.93. The molecule has 0 fully saturated rings. The molecule has 0 aliphatic carbocycles. The van der Waals surface area contributed by atoms with Gasteiger partial charge in [-0.25, -0.2) is 9.97 Å². The standard InChI is InChI=1S/C12H13N5OS2/c13-11-15-8(7-20-11)2-1-3-14-10(18)9-6-17-4-5-19-12(17)16-9/h4-7H,1-3H2,(H2,13,15)(H,14,18). The fourth-order valence-electron chi connectivity index (χ4n) is 1.84. The third-order valence-electron chi connectivity index (χ3n) is 2.79. The predicted molar refractivity (Wildman–Crippen MR) is 80.2 cm³/mol. The fraction of sp³-hybridized carbons (Fsp3) is 0.250. The molecular formula is C12H13N5OS2. The van der Waals surface area contributed by atoms with Crippen molar-refractivity contribution in [3.63, 3.8) is 0 Å². The van der Waals surface area contributed by atoms with E-state index >= 15 is 0 Å². The molecule has 0 atom stereocenters. The number of fused-ring (bicyclic) bond motifs is 1. The van der Waals surface area contributed by atoms with Gasteiger partial charge in [-0.1, -0.05) is 0 Å². The number of hydrogen-bond acceptors (Lipinski definition) is 6. The number of imidazole rings is 1. The van der Waals surface area contributed by atoms with Gasteiger partial charge in [-0.05, 0) is 12.8 Å². The third-order valence-corrected chi connectivity index (χ3v) is 4.28. The molecule has 3 aromatic heterocycles. The Kier molecular flexibility index (Phi) is 3.66. The van der Waals surface area contributed by atoms with Crippen LogP contribution in [-0.2, 0) is 6.42 Å². The van der Waals surface area contributed by atoms with E-state index in [-0.39, 0.29) is 5.91 Å². The Morgan fingerprint density at radius 2 is 2.30 bits per heavy atom. The first-order valence-electron chi connectivity index (χ1n) is 6.12. The van der Waals surface area contributed by atoms with Gasteiger partial charge in [0.05, 0.1) is 5.69 Å². The van der Waals surface area contributed by atoms with Crippen LogP contribution in [0.3, 0.4) is 0 Å². The molecule has 0 aromatic carbocycles. The maximum atomic E-state index is 11.9. The molecule has 20 heavy (non-hydrogen) atoms. The van der Waals surface area contributed by atoms with Gasteiger partial charge in [0.15, 0.2) is 10.1 Å². The third kappa shape index (κ3) is 2.81. The van der Waals surface area contributed by atoms with Crippen LogP contribution in [0.1, 0.15) is 22.6 Å². The summed E-state index contributed by atoms with van der Waals surface area (Å²) in [7, 11) is 0. The van der Waals surface area contributed by atoms with E-state index in [9.17, 15) is 4.79 Å². The number of nitrogens with two attached hydrogens (primary N) is 1. The second-order valence-electron chi connectivity index (χ2n) is 4.26. The first kappa shape index (κ1) is 13.1. The van der Waals surface area contributed by atoms with Gasteiger partial charge in [0.2, 0.25) is 0 Å². The first-order valence-corrected chi connectivity index (χ1v) is 7.88. The molecule has 0 spiro atoms. The summed E-state index contributed by atoms with van der Waals surface area (Å²) in [6.45, 7) is 0.599. The molecule has 0 aliphatic heterocycles. The largest absolute Gasteiger partial charge is 0.375 e. The minimum Gasteiger partial charge on any atom is -0.375 e. The van der Waals surface area contributed by atoms with Crippen LogP contribution in [0.25, 0.3) is 4.96 Å². The van der Waals surface area contributed by atoms with E-state index in [1.165, 1.54) is 22.7 Å². The highest BCUT2D eigenvalue weighted by Crippen LogP contribution is 2.13. The number of aromatic nitrogens is 3. The van der Waals surface area contributed by atoms with Crippen molar-refractivity contribution in [3.05, 3.63) is 34.5 Å². The summed E-state index contributed by atoms with van der Waals surface area (Å²) in [5, 5.41) is 7.33. The van der Waals surface area contributed by atoms with Gasteiger partial charge in [-0.3, -0.25) is 9.20 Å². The normalized spacial score (nSPS) is 11.0. The van der Waals surface area contributed by atoms with Crippen LogP contribution in [0.4, 0.5) is 5.13 Å². The lowest BCUT2D eigenvalue weighted by Crippen LogP contribution is -2.25. The Morgan fingerprint density at radius 1 is 1.40 bits per heavy atom. The predicted octanol–water partition coefficient (Wildman–Crippen LogP) is 1.80. The summed E-state index contributed by atoms with van der Waals surface area (Å²) in [5.74, 6) is -0.140. The summed E-state index contributed by atoms with van der Waals surface area (Å²) in [6.07, 6.45) is 5.27. The number of carbonyl (C=O) groups excluding carboxylic acids is 1. The fourth-order valence-corrected chi connectivity index (χ4v) is 3.13. The van der Waals surface area contributed by atoms with E-state index in [1.807, 2.05) is 21.4 Å². The molecule has 0 saturated carbocycles. The molecular weight excluding hydrogens is 294 g/mol.